The minimum absolute atomic E-state index is 0.779. The molecule has 114 valence electrons. The number of rotatable bonds is 12. The molecule has 0 radical (unpaired) electrons. The Hall–Kier alpha value is -0.0800. The highest BCUT2D eigenvalue weighted by Crippen LogP contribution is 2.27. The Morgan fingerprint density at radius 1 is 0.947 bits per heavy atom. The lowest BCUT2D eigenvalue weighted by molar-refractivity contribution is 0.242. The van der Waals surface area contributed by atoms with Gasteiger partial charge in [0.15, 0.2) is 0 Å². The topological polar surface area (TPSA) is 15.3 Å². The largest absolute Gasteiger partial charge is 0.316 e. The predicted molar refractivity (Wildman–Crippen MR) is 85.6 cm³/mol. The van der Waals surface area contributed by atoms with Crippen LogP contribution in [0.25, 0.3) is 0 Å². The van der Waals surface area contributed by atoms with E-state index in [1.54, 1.807) is 0 Å². The summed E-state index contributed by atoms with van der Waals surface area (Å²) in [5.41, 5.74) is 0. The quantitative estimate of drug-likeness (QED) is 0.540. The minimum atomic E-state index is 0.779. The third-order valence-corrected chi connectivity index (χ3v) is 3.91. The van der Waals surface area contributed by atoms with Crippen LogP contribution >= 0.6 is 0 Å². The second-order valence-electron chi connectivity index (χ2n) is 7.11. The second kappa shape index (κ2) is 9.77. The molecule has 0 saturated heterocycles. The highest BCUT2D eigenvalue weighted by atomic mass is 15.2. The van der Waals surface area contributed by atoms with Gasteiger partial charge in [-0.25, -0.2) is 0 Å². The molecule has 1 N–H and O–H groups in total. The van der Waals surface area contributed by atoms with E-state index in [4.69, 9.17) is 0 Å². The normalized spacial score (nSPS) is 15.9. The molecular weight excluding hydrogens is 232 g/mol. The van der Waals surface area contributed by atoms with Gasteiger partial charge < -0.3 is 10.2 Å². The van der Waals surface area contributed by atoms with Crippen molar-refractivity contribution >= 4 is 0 Å². The van der Waals surface area contributed by atoms with Crippen molar-refractivity contribution in [3.63, 3.8) is 0 Å². The third kappa shape index (κ3) is 9.45. The van der Waals surface area contributed by atoms with Gasteiger partial charge in [0.2, 0.25) is 0 Å². The van der Waals surface area contributed by atoms with Crippen LogP contribution in [0.2, 0.25) is 0 Å². The molecule has 0 atom stereocenters. The van der Waals surface area contributed by atoms with Crippen molar-refractivity contribution in [2.24, 2.45) is 11.8 Å². The van der Waals surface area contributed by atoms with Crippen LogP contribution < -0.4 is 5.32 Å². The summed E-state index contributed by atoms with van der Waals surface area (Å²) >= 11 is 0. The molecule has 0 unspecified atom stereocenters. The smallest absolute Gasteiger partial charge is 0.00964 e. The average molecular weight is 268 g/mol. The van der Waals surface area contributed by atoms with E-state index < -0.39 is 0 Å². The van der Waals surface area contributed by atoms with Crippen molar-refractivity contribution in [1.82, 2.24) is 10.2 Å². The standard InChI is InChI=1S/C17H36N2/c1-15(2)10-13-19(17-8-9-17)12-7-5-6-11-18-14-16(3)4/h15-18H,5-14H2,1-4H3. The van der Waals surface area contributed by atoms with Crippen LogP contribution in [0.3, 0.4) is 0 Å². The zero-order valence-electron chi connectivity index (χ0n) is 13.8. The van der Waals surface area contributed by atoms with Crippen LogP contribution in [0.1, 0.15) is 66.2 Å². The van der Waals surface area contributed by atoms with Gasteiger partial charge in [-0.2, -0.15) is 0 Å². The van der Waals surface area contributed by atoms with Gasteiger partial charge in [0.05, 0.1) is 0 Å². The Kier molecular flexibility index (Phi) is 8.72. The number of nitrogens with zero attached hydrogens (tertiary/aromatic N) is 1. The second-order valence-corrected chi connectivity index (χ2v) is 7.11. The fourth-order valence-corrected chi connectivity index (χ4v) is 2.47. The highest BCUT2D eigenvalue weighted by molar-refractivity contribution is 4.84. The van der Waals surface area contributed by atoms with Gasteiger partial charge in [0, 0.05) is 6.04 Å². The number of hydrogen-bond donors (Lipinski definition) is 1. The fraction of sp³-hybridized carbons (Fsp3) is 1.00. The summed E-state index contributed by atoms with van der Waals surface area (Å²) < 4.78 is 0. The summed E-state index contributed by atoms with van der Waals surface area (Å²) in [7, 11) is 0. The van der Waals surface area contributed by atoms with E-state index in [-0.39, 0.29) is 0 Å². The molecule has 2 nitrogen and oxygen atoms in total. The molecular formula is C17H36N2. The molecule has 1 aliphatic rings. The maximum atomic E-state index is 3.53. The van der Waals surface area contributed by atoms with Crippen molar-refractivity contribution in [2.75, 3.05) is 26.2 Å². The zero-order valence-corrected chi connectivity index (χ0v) is 13.8. The Bertz CT molecular complexity index is 209. The molecule has 0 bridgehead atoms. The lowest BCUT2D eigenvalue weighted by Gasteiger charge is -2.22. The van der Waals surface area contributed by atoms with E-state index in [9.17, 15) is 0 Å². The monoisotopic (exact) mass is 268 g/mol. The van der Waals surface area contributed by atoms with Crippen LogP contribution in [-0.4, -0.2) is 37.1 Å². The SMILES string of the molecule is CC(C)CCN(CCCCCNCC(C)C)C1CC1. The molecule has 0 spiro atoms. The Morgan fingerprint density at radius 3 is 2.26 bits per heavy atom. The molecule has 19 heavy (non-hydrogen) atoms. The number of hydrogen-bond acceptors (Lipinski definition) is 2. The van der Waals surface area contributed by atoms with Crippen molar-refractivity contribution in [1.29, 1.82) is 0 Å². The summed E-state index contributed by atoms with van der Waals surface area (Å²) in [5, 5.41) is 3.53. The molecule has 1 aliphatic carbocycles. The van der Waals surface area contributed by atoms with E-state index in [0.717, 1.165) is 17.9 Å². The van der Waals surface area contributed by atoms with Crippen LogP contribution in [0.15, 0.2) is 0 Å². The van der Waals surface area contributed by atoms with Crippen LogP contribution in [0.4, 0.5) is 0 Å². The van der Waals surface area contributed by atoms with Gasteiger partial charge in [0.25, 0.3) is 0 Å². The number of unbranched alkanes of at least 4 members (excludes halogenated alkanes) is 2. The Labute approximate surface area is 121 Å². The number of nitrogens with one attached hydrogen (secondary N) is 1. The van der Waals surface area contributed by atoms with Gasteiger partial charge in [-0.1, -0.05) is 34.1 Å². The van der Waals surface area contributed by atoms with Crippen LogP contribution in [-0.2, 0) is 0 Å². The van der Waals surface area contributed by atoms with E-state index in [0.29, 0.717) is 0 Å². The van der Waals surface area contributed by atoms with E-state index >= 15 is 0 Å². The molecule has 1 fully saturated rings. The first-order valence-corrected chi connectivity index (χ1v) is 8.54. The van der Waals surface area contributed by atoms with Crippen LogP contribution in [0, 0.1) is 11.8 Å². The van der Waals surface area contributed by atoms with E-state index in [1.165, 1.54) is 64.7 Å². The molecule has 0 heterocycles. The Morgan fingerprint density at radius 2 is 1.68 bits per heavy atom. The lowest BCUT2D eigenvalue weighted by atomic mass is 10.1. The van der Waals surface area contributed by atoms with E-state index in [1.807, 2.05) is 0 Å². The molecule has 0 aromatic heterocycles. The summed E-state index contributed by atoms with van der Waals surface area (Å²) in [4.78, 5) is 2.75. The van der Waals surface area contributed by atoms with Crippen molar-refractivity contribution in [3.8, 4) is 0 Å². The lowest BCUT2D eigenvalue weighted by Crippen LogP contribution is -2.29. The van der Waals surface area contributed by atoms with Crippen molar-refractivity contribution < 1.29 is 0 Å². The predicted octanol–water partition coefficient (Wildman–Crippen LogP) is 3.91. The molecule has 0 aliphatic heterocycles. The minimum Gasteiger partial charge on any atom is -0.316 e. The van der Waals surface area contributed by atoms with Crippen molar-refractivity contribution in [3.05, 3.63) is 0 Å². The van der Waals surface area contributed by atoms with Gasteiger partial charge in [-0.3, -0.25) is 0 Å². The average Bonchev–Trinajstić information content (AvgIpc) is 3.15. The summed E-state index contributed by atoms with van der Waals surface area (Å²) in [6.07, 6.45) is 8.39. The Balaban J connectivity index is 1.96. The first kappa shape index (κ1) is 17.0. The van der Waals surface area contributed by atoms with Crippen LogP contribution in [0.5, 0.6) is 0 Å². The third-order valence-electron chi connectivity index (χ3n) is 3.91. The molecule has 2 heteroatoms. The van der Waals surface area contributed by atoms with Gasteiger partial charge in [-0.05, 0) is 70.1 Å². The molecule has 1 saturated carbocycles. The highest BCUT2D eigenvalue weighted by Gasteiger charge is 2.27. The first-order valence-electron chi connectivity index (χ1n) is 8.54. The molecule has 1 rings (SSSR count). The summed E-state index contributed by atoms with van der Waals surface area (Å²) in [6, 6.07) is 0.942. The van der Waals surface area contributed by atoms with E-state index in [2.05, 4.69) is 37.9 Å². The van der Waals surface area contributed by atoms with Crippen molar-refractivity contribution in [2.45, 2.75) is 72.3 Å². The van der Waals surface area contributed by atoms with Gasteiger partial charge in [0.1, 0.15) is 0 Å². The van der Waals surface area contributed by atoms with Gasteiger partial charge in [-0.15, -0.1) is 0 Å². The zero-order chi connectivity index (χ0) is 14.1. The maximum absolute atomic E-state index is 3.53. The maximum Gasteiger partial charge on any atom is 0.00964 e. The fourth-order valence-electron chi connectivity index (χ4n) is 2.47. The summed E-state index contributed by atoms with van der Waals surface area (Å²) in [6.45, 7) is 14.3. The molecule has 0 aromatic carbocycles. The van der Waals surface area contributed by atoms with Gasteiger partial charge >= 0.3 is 0 Å². The molecule has 0 amide bonds. The molecule has 0 aromatic rings. The first-order chi connectivity index (χ1) is 9.09. The summed E-state index contributed by atoms with van der Waals surface area (Å²) in [5.74, 6) is 1.63.